The topological polar surface area (TPSA) is 58.2 Å². The van der Waals surface area contributed by atoms with E-state index in [4.69, 9.17) is 0 Å². The van der Waals surface area contributed by atoms with E-state index in [9.17, 15) is 14.0 Å². The first-order chi connectivity index (χ1) is 10.6. The third-order valence-corrected chi connectivity index (χ3v) is 3.01. The second-order valence-electron chi connectivity index (χ2n) is 4.61. The highest BCUT2D eigenvalue weighted by Crippen LogP contribution is 2.08. The number of amides is 2. The molecule has 112 valence electrons. The molecule has 0 spiro atoms. The Morgan fingerprint density at radius 1 is 1.00 bits per heavy atom. The summed E-state index contributed by atoms with van der Waals surface area (Å²) in [5.41, 5.74) is 6.13. The lowest BCUT2D eigenvalue weighted by atomic mass is 10.1. The molecule has 0 aliphatic carbocycles. The van der Waals surface area contributed by atoms with Crippen molar-refractivity contribution in [2.45, 2.75) is 6.92 Å². The van der Waals surface area contributed by atoms with Crippen molar-refractivity contribution in [1.29, 1.82) is 0 Å². The van der Waals surface area contributed by atoms with Crippen molar-refractivity contribution in [2.24, 2.45) is 0 Å². The quantitative estimate of drug-likeness (QED) is 0.676. The van der Waals surface area contributed by atoms with E-state index in [0.29, 0.717) is 11.1 Å². The summed E-state index contributed by atoms with van der Waals surface area (Å²) in [4.78, 5) is 23.5. The molecule has 0 aliphatic rings. The van der Waals surface area contributed by atoms with Crippen molar-refractivity contribution in [2.75, 3.05) is 0 Å². The molecule has 0 radical (unpaired) electrons. The van der Waals surface area contributed by atoms with Crippen molar-refractivity contribution in [1.82, 2.24) is 10.9 Å². The molecule has 0 fully saturated rings. The molecule has 2 N–H and O–H groups in total. The molecular formula is C17H15FN2O2. The largest absolute Gasteiger partial charge is 0.269 e. The van der Waals surface area contributed by atoms with E-state index < -0.39 is 17.6 Å². The van der Waals surface area contributed by atoms with Crippen LogP contribution in [0.1, 0.15) is 21.5 Å². The Kier molecular flexibility index (Phi) is 5.03. The molecule has 2 amide bonds. The van der Waals surface area contributed by atoms with E-state index in [2.05, 4.69) is 10.9 Å². The number of hydrazine groups is 1. The maximum absolute atomic E-state index is 13.4. The molecule has 2 aromatic carbocycles. The highest BCUT2D eigenvalue weighted by atomic mass is 19.1. The molecule has 2 rings (SSSR count). The predicted octanol–water partition coefficient (Wildman–Crippen LogP) is 2.61. The summed E-state index contributed by atoms with van der Waals surface area (Å²) in [6.45, 7) is 1.80. The number of carbonyl (C=O) groups excluding carboxylic acids is 2. The number of benzene rings is 2. The molecule has 22 heavy (non-hydrogen) atoms. The van der Waals surface area contributed by atoms with Crippen LogP contribution < -0.4 is 10.9 Å². The van der Waals surface area contributed by atoms with Gasteiger partial charge in [0.15, 0.2) is 0 Å². The van der Waals surface area contributed by atoms with Crippen molar-refractivity contribution in [3.8, 4) is 0 Å². The second-order valence-corrected chi connectivity index (χ2v) is 4.61. The Bertz CT molecular complexity index is 726. The van der Waals surface area contributed by atoms with Crippen molar-refractivity contribution in [3.63, 3.8) is 0 Å². The first-order valence-corrected chi connectivity index (χ1v) is 6.66. The molecule has 0 unspecified atom stereocenters. The third kappa shape index (κ3) is 4.02. The first-order valence-electron chi connectivity index (χ1n) is 6.66. The van der Waals surface area contributed by atoms with Crippen molar-refractivity contribution < 1.29 is 14.0 Å². The molecule has 4 nitrogen and oxygen atoms in total. The van der Waals surface area contributed by atoms with Gasteiger partial charge in [-0.3, -0.25) is 20.4 Å². The molecule has 0 aromatic heterocycles. The average molecular weight is 298 g/mol. The van der Waals surface area contributed by atoms with Crippen LogP contribution >= 0.6 is 0 Å². The summed E-state index contributed by atoms with van der Waals surface area (Å²) in [6.07, 6.45) is 2.49. The first kappa shape index (κ1) is 15.4. The van der Waals surface area contributed by atoms with Crippen LogP contribution in [0.25, 0.3) is 6.08 Å². The van der Waals surface area contributed by atoms with Crippen LogP contribution in [0, 0.1) is 12.7 Å². The minimum atomic E-state index is -0.551. The lowest BCUT2D eigenvalue weighted by molar-refractivity contribution is -0.117. The predicted molar refractivity (Wildman–Crippen MR) is 82.2 cm³/mol. The smallest absolute Gasteiger partial charge is 0.268 e. The van der Waals surface area contributed by atoms with Gasteiger partial charge in [0.25, 0.3) is 11.8 Å². The fraction of sp³-hybridized carbons (Fsp3) is 0.0588. The molecule has 0 bridgehead atoms. The minimum absolute atomic E-state index is 0.294. The highest BCUT2D eigenvalue weighted by Gasteiger charge is 2.08. The van der Waals surface area contributed by atoms with Crippen LogP contribution in [0.2, 0.25) is 0 Å². The van der Waals surface area contributed by atoms with E-state index in [0.717, 1.165) is 11.6 Å². The number of aryl methyl sites for hydroxylation is 1. The van der Waals surface area contributed by atoms with Gasteiger partial charge >= 0.3 is 0 Å². The minimum Gasteiger partial charge on any atom is -0.268 e. The maximum atomic E-state index is 13.4. The molecule has 5 heteroatoms. The number of halogens is 1. The SMILES string of the molecule is Cc1ccccc1C(=O)NNC(=O)/C=C/c1ccccc1F. The van der Waals surface area contributed by atoms with Crippen LogP contribution in [-0.4, -0.2) is 11.8 Å². The molecule has 0 saturated carbocycles. The van der Waals surface area contributed by atoms with Crippen molar-refractivity contribution >= 4 is 17.9 Å². The van der Waals surface area contributed by atoms with E-state index in [-0.39, 0.29) is 0 Å². The number of hydrogen-bond donors (Lipinski definition) is 2. The van der Waals surface area contributed by atoms with Gasteiger partial charge in [0.1, 0.15) is 5.82 Å². The molecular weight excluding hydrogens is 283 g/mol. The summed E-state index contributed by atoms with van der Waals surface area (Å²) in [5.74, 6) is -1.38. The van der Waals surface area contributed by atoms with Gasteiger partial charge in [0.2, 0.25) is 0 Å². The fourth-order valence-electron chi connectivity index (χ4n) is 1.83. The maximum Gasteiger partial charge on any atom is 0.269 e. The lowest BCUT2D eigenvalue weighted by Gasteiger charge is -2.07. The summed E-state index contributed by atoms with van der Waals surface area (Å²) in [7, 11) is 0. The Morgan fingerprint density at radius 2 is 1.68 bits per heavy atom. The number of nitrogens with one attached hydrogen (secondary N) is 2. The van der Waals surface area contributed by atoms with Gasteiger partial charge in [-0.25, -0.2) is 4.39 Å². The zero-order valence-corrected chi connectivity index (χ0v) is 12.0. The Hall–Kier alpha value is -2.95. The Labute approximate surface area is 127 Å². The zero-order valence-electron chi connectivity index (χ0n) is 12.0. The van der Waals surface area contributed by atoms with Crippen LogP contribution in [0.15, 0.2) is 54.6 Å². The van der Waals surface area contributed by atoms with Gasteiger partial charge in [-0.2, -0.15) is 0 Å². The summed E-state index contributed by atoms with van der Waals surface area (Å²) >= 11 is 0. The van der Waals surface area contributed by atoms with Crippen LogP contribution in [0.4, 0.5) is 4.39 Å². The number of rotatable bonds is 3. The van der Waals surface area contributed by atoms with Gasteiger partial charge in [-0.15, -0.1) is 0 Å². The number of carbonyl (C=O) groups is 2. The van der Waals surface area contributed by atoms with Gasteiger partial charge in [0, 0.05) is 17.2 Å². The van der Waals surface area contributed by atoms with E-state index >= 15 is 0 Å². The van der Waals surface area contributed by atoms with Gasteiger partial charge in [0.05, 0.1) is 0 Å². The molecule has 2 aromatic rings. The summed E-state index contributed by atoms with van der Waals surface area (Å²) in [5, 5.41) is 0. The van der Waals surface area contributed by atoms with Crippen LogP contribution in [-0.2, 0) is 4.79 Å². The van der Waals surface area contributed by atoms with Gasteiger partial charge < -0.3 is 0 Å². The average Bonchev–Trinajstić information content (AvgIpc) is 2.52. The van der Waals surface area contributed by atoms with Gasteiger partial charge in [-0.1, -0.05) is 36.4 Å². The highest BCUT2D eigenvalue weighted by molar-refractivity contribution is 5.98. The van der Waals surface area contributed by atoms with Crippen LogP contribution in [0.5, 0.6) is 0 Å². The van der Waals surface area contributed by atoms with E-state index in [1.165, 1.54) is 12.1 Å². The van der Waals surface area contributed by atoms with Gasteiger partial charge in [-0.05, 0) is 30.7 Å². The Morgan fingerprint density at radius 3 is 2.41 bits per heavy atom. The summed E-state index contributed by atoms with van der Waals surface area (Å²) < 4.78 is 13.4. The monoisotopic (exact) mass is 298 g/mol. The molecule has 0 aliphatic heterocycles. The van der Waals surface area contributed by atoms with Crippen LogP contribution in [0.3, 0.4) is 0 Å². The second kappa shape index (κ2) is 7.17. The summed E-state index contributed by atoms with van der Waals surface area (Å²) in [6, 6.07) is 13.1. The third-order valence-electron chi connectivity index (χ3n) is 3.01. The molecule has 0 heterocycles. The van der Waals surface area contributed by atoms with E-state index in [1.807, 2.05) is 6.07 Å². The van der Waals surface area contributed by atoms with E-state index in [1.54, 1.807) is 43.3 Å². The standard InChI is InChI=1S/C17H15FN2O2/c1-12-6-2-4-8-14(12)17(22)20-19-16(21)11-10-13-7-3-5-9-15(13)18/h2-11H,1H3,(H,19,21)(H,20,22)/b11-10+. The fourth-order valence-corrected chi connectivity index (χ4v) is 1.83. The molecule has 0 saturated heterocycles. The van der Waals surface area contributed by atoms with Crippen molar-refractivity contribution in [3.05, 3.63) is 77.1 Å². The lowest BCUT2D eigenvalue weighted by Crippen LogP contribution is -2.41. The zero-order chi connectivity index (χ0) is 15.9. The number of hydrogen-bond acceptors (Lipinski definition) is 2. The molecule has 0 atom stereocenters. The normalized spacial score (nSPS) is 10.5. The Balaban J connectivity index is 1.92.